The summed E-state index contributed by atoms with van der Waals surface area (Å²) in [6, 6.07) is -0.314. The van der Waals surface area contributed by atoms with Crippen LogP contribution in [0, 0.1) is 0 Å². The molecule has 0 spiro atoms. The molecular formula is C13H27N3O3. The van der Waals surface area contributed by atoms with Gasteiger partial charge in [-0.25, -0.2) is 4.79 Å². The molecule has 0 atom stereocenters. The van der Waals surface area contributed by atoms with E-state index in [2.05, 4.69) is 10.6 Å². The third-order valence-electron chi connectivity index (χ3n) is 2.68. The number of ether oxygens (including phenoxy) is 1. The predicted octanol–water partition coefficient (Wildman–Crippen LogP) is 0.969. The van der Waals surface area contributed by atoms with E-state index in [0.717, 1.165) is 12.8 Å². The minimum absolute atomic E-state index is 0.116. The first kappa shape index (κ1) is 17.7. The lowest BCUT2D eigenvalue weighted by atomic mass is 10.0. The average molecular weight is 273 g/mol. The monoisotopic (exact) mass is 273 g/mol. The van der Waals surface area contributed by atoms with Crippen LogP contribution in [0.5, 0.6) is 0 Å². The summed E-state index contributed by atoms with van der Waals surface area (Å²) in [6.45, 7) is 7.19. The van der Waals surface area contributed by atoms with Crippen molar-refractivity contribution in [2.75, 3.05) is 33.9 Å². The van der Waals surface area contributed by atoms with E-state index >= 15 is 0 Å². The summed E-state index contributed by atoms with van der Waals surface area (Å²) in [7, 11) is 3.36. The van der Waals surface area contributed by atoms with Gasteiger partial charge in [0.2, 0.25) is 5.91 Å². The minimum Gasteiger partial charge on any atom is -0.385 e. The van der Waals surface area contributed by atoms with Gasteiger partial charge in [0.15, 0.2) is 0 Å². The normalized spacial score (nSPS) is 11.0. The summed E-state index contributed by atoms with van der Waals surface area (Å²) in [4.78, 5) is 25.4. The number of amides is 3. The van der Waals surface area contributed by atoms with E-state index in [1.807, 2.05) is 6.92 Å². The van der Waals surface area contributed by atoms with Crippen LogP contribution in [0.25, 0.3) is 0 Å². The quantitative estimate of drug-likeness (QED) is 0.647. The second kappa shape index (κ2) is 8.74. The van der Waals surface area contributed by atoms with Gasteiger partial charge in [0.25, 0.3) is 0 Å². The highest BCUT2D eigenvalue weighted by Gasteiger charge is 2.31. The Balaban J connectivity index is 4.29. The van der Waals surface area contributed by atoms with Gasteiger partial charge in [-0.05, 0) is 26.7 Å². The zero-order chi connectivity index (χ0) is 14.9. The average Bonchev–Trinajstić information content (AvgIpc) is 2.35. The molecule has 0 aliphatic heterocycles. The maximum atomic E-state index is 12.2. The molecule has 6 heteroatoms. The largest absolute Gasteiger partial charge is 0.385 e. The van der Waals surface area contributed by atoms with Gasteiger partial charge >= 0.3 is 6.03 Å². The van der Waals surface area contributed by atoms with Crippen LogP contribution in [0.3, 0.4) is 0 Å². The van der Waals surface area contributed by atoms with Crippen molar-refractivity contribution in [1.82, 2.24) is 15.5 Å². The highest BCUT2D eigenvalue weighted by atomic mass is 16.5. The smallest absolute Gasteiger partial charge is 0.315 e. The second-order valence-corrected chi connectivity index (χ2v) is 5.08. The zero-order valence-electron chi connectivity index (χ0n) is 12.7. The fourth-order valence-electron chi connectivity index (χ4n) is 1.64. The van der Waals surface area contributed by atoms with E-state index in [1.54, 1.807) is 32.9 Å². The standard InChI is InChI=1S/C13H27N3O3/c1-6-8-14-12(18)15-13(2,3)11(17)16(4)9-7-10-19-5/h6-10H2,1-5H3,(H2,14,15,18). The molecule has 2 N–H and O–H groups in total. The van der Waals surface area contributed by atoms with Crippen molar-refractivity contribution < 1.29 is 14.3 Å². The Morgan fingerprint density at radius 1 is 1.32 bits per heavy atom. The number of nitrogens with zero attached hydrogens (tertiary/aromatic N) is 1. The molecule has 112 valence electrons. The van der Waals surface area contributed by atoms with Crippen LogP contribution in [0.2, 0.25) is 0 Å². The minimum atomic E-state index is -0.917. The summed E-state index contributed by atoms with van der Waals surface area (Å²) >= 11 is 0. The number of carbonyl (C=O) groups excluding carboxylic acids is 2. The molecule has 0 aliphatic carbocycles. The molecule has 0 unspecified atom stereocenters. The van der Waals surface area contributed by atoms with Crippen LogP contribution < -0.4 is 10.6 Å². The molecule has 6 nitrogen and oxygen atoms in total. The molecule has 0 aromatic rings. The zero-order valence-corrected chi connectivity index (χ0v) is 12.7. The Morgan fingerprint density at radius 2 is 1.95 bits per heavy atom. The van der Waals surface area contributed by atoms with Crippen molar-refractivity contribution >= 4 is 11.9 Å². The number of likely N-dealkylation sites (N-methyl/N-ethyl adjacent to an activating group) is 1. The Bertz CT molecular complexity index is 293. The molecule has 0 aromatic heterocycles. The molecule has 0 saturated heterocycles. The molecule has 0 radical (unpaired) electrons. The molecular weight excluding hydrogens is 246 g/mol. The molecule has 0 rings (SSSR count). The molecule has 19 heavy (non-hydrogen) atoms. The lowest BCUT2D eigenvalue weighted by Gasteiger charge is -2.30. The van der Waals surface area contributed by atoms with Crippen LogP contribution in [0.15, 0.2) is 0 Å². The van der Waals surface area contributed by atoms with E-state index in [-0.39, 0.29) is 11.9 Å². The first-order valence-corrected chi connectivity index (χ1v) is 6.65. The Morgan fingerprint density at radius 3 is 2.47 bits per heavy atom. The number of rotatable bonds is 8. The van der Waals surface area contributed by atoms with Crippen LogP contribution in [-0.2, 0) is 9.53 Å². The summed E-state index contributed by atoms with van der Waals surface area (Å²) in [5, 5.41) is 5.38. The molecule has 0 saturated carbocycles. The highest BCUT2D eigenvalue weighted by molar-refractivity contribution is 5.90. The lowest BCUT2D eigenvalue weighted by molar-refractivity contribution is -0.135. The highest BCUT2D eigenvalue weighted by Crippen LogP contribution is 2.07. The van der Waals surface area contributed by atoms with Gasteiger partial charge in [-0.3, -0.25) is 4.79 Å². The molecule has 3 amide bonds. The van der Waals surface area contributed by atoms with Crippen molar-refractivity contribution in [3.8, 4) is 0 Å². The molecule has 0 aliphatic rings. The van der Waals surface area contributed by atoms with Crippen molar-refractivity contribution in [2.45, 2.75) is 39.2 Å². The van der Waals surface area contributed by atoms with Crippen molar-refractivity contribution in [3.63, 3.8) is 0 Å². The molecule has 0 heterocycles. The predicted molar refractivity (Wildman–Crippen MR) is 75.0 cm³/mol. The van der Waals surface area contributed by atoms with Crippen molar-refractivity contribution in [3.05, 3.63) is 0 Å². The number of carbonyl (C=O) groups is 2. The topological polar surface area (TPSA) is 70.7 Å². The molecule has 0 aromatic carbocycles. The third kappa shape index (κ3) is 7.00. The van der Waals surface area contributed by atoms with Crippen LogP contribution in [0.1, 0.15) is 33.6 Å². The van der Waals surface area contributed by atoms with E-state index in [4.69, 9.17) is 4.74 Å². The summed E-state index contributed by atoms with van der Waals surface area (Å²) in [6.07, 6.45) is 1.63. The lowest BCUT2D eigenvalue weighted by Crippen LogP contribution is -2.57. The maximum absolute atomic E-state index is 12.2. The fraction of sp³-hybridized carbons (Fsp3) is 0.846. The van der Waals surface area contributed by atoms with E-state index in [9.17, 15) is 9.59 Å². The second-order valence-electron chi connectivity index (χ2n) is 5.08. The van der Waals surface area contributed by atoms with Crippen LogP contribution in [-0.4, -0.2) is 56.2 Å². The van der Waals surface area contributed by atoms with Gasteiger partial charge in [-0.15, -0.1) is 0 Å². The number of hydrogen-bond donors (Lipinski definition) is 2. The number of urea groups is 1. The van der Waals surface area contributed by atoms with Crippen LogP contribution in [0.4, 0.5) is 4.79 Å². The Labute approximate surface area is 115 Å². The Kier molecular flexibility index (Phi) is 8.14. The summed E-state index contributed by atoms with van der Waals surface area (Å²) < 4.78 is 4.95. The summed E-state index contributed by atoms with van der Waals surface area (Å²) in [5.74, 6) is -0.116. The SMILES string of the molecule is CCCNC(=O)NC(C)(C)C(=O)N(C)CCCOC. The van der Waals surface area contributed by atoms with Gasteiger partial charge in [0.1, 0.15) is 5.54 Å². The number of nitrogens with one attached hydrogen (secondary N) is 2. The third-order valence-corrected chi connectivity index (χ3v) is 2.68. The van der Waals surface area contributed by atoms with Gasteiger partial charge in [0.05, 0.1) is 0 Å². The van der Waals surface area contributed by atoms with Gasteiger partial charge in [-0.1, -0.05) is 6.92 Å². The number of methoxy groups -OCH3 is 1. The van der Waals surface area contributed by atoms with Gasteiger partial charge in [0, 0.05) is 33.9 Å². The van der Waals surface area contributed by atoms with Gasteiger partial charge < -0.3 is 20.3 Å². The van der Waals surface area contributed by atoms with E-state index < -0.39 is 5.54 Å². The molecule has 0 fully saturated rings. The summed E-state index contributed by atoms with van der Waals surface area (Å²) in [5.41, 5.74) is -0.917. The first-order valence-electron chi connectivity index (χ1n) is 6.65. The number of hydrogen-bond acceptors (Lipinski definition) is 3. The van der Waals surface area contributed by atoms with Crippen molar-refractivity contribution in [2.24, 2.45) is 0 Å². The van der Waals surface area contributed by atoms with E-state index in [1.165, 1.54) is 0 Å². The van der Waals surface area contributed by atoms with Gasteiger partial charge in [-0.2, -0.15) is 0 Å². The van der Waals surface area contributed by atoms with Crippen molar-refractivity contribution in [1.29, 1.82) is 0 Å². The Hall–Kier alpha value is -1.30. The maximum Gasteiger partial charge on any atom is 0.315 e. The fourth-order valence-corrected chi connectivity index (χ4v) is 1.64. The van der Waals surface area contributed by atoms with Crippen LogP contribution >= 0.6 is 0 Å². The van der Waals surface area contributed by atoms with E-state index in [0.29, 0.717) is 19.7 Å². The molecule has 0 bridgehead atoms. The first-order chi connectivity index (χ1) is 8.85.